The van der Waals surface area contributed by atoms with Crippen molar-refractivity contribution in [2.75, 3.05) is 11.9 Å². The van der Waals surface area contributed by atoms with E-state index in [1.807, 2.05) is 0 Å². The molecule has 1 saturated heterocycles. The van der Waals surface area contributed by atoms with E-state index in [2.05, 4.69) is 48.7 Å². The molecular formula is C18H30N2. The van der Waals surface area contributed by atoms with Gasteiger partial charge >= 0.3 is 0 Å². The zero-order valence-corrected chi connectivity index (χ0v) is 13.1. The monoisotopic (exact) mass is 274 g/mol. The predicted molar refractivity (Wildman–Crippen MR) is 88.4 cm³/mol. The van der Waals surface area contributed by atoms with Crippen molar-refractivity contribution >= 4 is 5.69 Å². The Morgan fingerprint density at radius 3 is 2.70 bits per heavy atom. The second kappa shape index (κ2) is 8.31. The summed E-state index contributed by atoms with van der Waals surface area (Å²) in [6.07, 6.45) is 9.06. The highest BCUT2D eigenvalue weighted by Crippen LogP contribution is 2.16. The highest BCUT2D eigenvalue weighted by atomic mass is 15.0. The van der Waals surface area contributed by atoms with E-state index >= 15 is 0 Å². The Labute approximate surface area is 124 Å². The molecule has 2 atom stereocenters. The van der Waals surface area contributed by atoms with Gasteiger partial charge in [-0.05, 0) is 63.3 Å². The topological polar surface area (TPSA) is 24.1 Å². The maximum atomic E-state index is 3.62. The SMILES string of the molecule is CCCCCc1ccc(NC(C)CC2CCCN2)cc1. The van der Waals surface area contributed by atoms with E-state index in [0.29, 0.717) is 12.1 Å². The molecule has 0 radical (unpaired) electrons. The van der Waals surface area contributed by atoms with Gasteiger partial charge in [-0.3, -0.25) is 0 Å². The number of nitrogens with one attached hydrogen (secondary N) is 2. The van der Waals surface area contributed by atoms with Crippen LogP contribution in [0.4, 0.5) is 5.69 Å². The highest BCUT2D eigenvalue weighted by molar-refractivity contribution is 5.45. The number of benzene rings is 1. The Morgan fingerprint density at radius 2 is 2.05 bits per heavy atom. The molecule has 2 N–H and O–H groups in total. The van der Waals surface area contributed by atoms with Crippen LogP contribution in [0.3, 0.4) is 0 Å². The molecule has 2 rings (SSSR count). The van der Waals surface area contributed by atoms with Crippen molar-refractivity contribution in [2.24, 2.45) is 0 Å². The summed E-state index contributed by atoms with van der Waals surface area (Å²) in [6.45, 7) is 5.74. The molecule has 1 fully saturated rings. The molecule has 2 heteroatoms. The molecule has 0 amide bonds. The number of aryl methyl sites for hydroxylation is 1. The lowest BCUT2D eigenvalue weighted by Gasteiger charge is -2.19. The Hall–Kier alpha value is -1.02. The molecule has 1 aromatic rings. The fraction of sp³-hybridized carbons (Fsp3) is 0.667. The van der Waals surface area contributed by atoms with E-state index in [0.717, 1.165) is 0 Å². The fourth-order valence-electron chi connectivity index (χ4n) is 3.07. The van der Waals surface area contributed by atoms with Gasteiger partial charge in [0.05, 0.1) is 0 Å². The van der Waals surface area contributed by atoms with E-state index < -0.39 is 0 Å². The summed E-state index contributed by atoms with van der Waals surface area (Å²) < 4.78 is 0. The lowest BCUT2D eigenvalue weighted by molar-refractivity contribution is 0.523. The van der Waals surface area contributed by atoms with Crippen LogP contribution in [0.5, 0.6) is 0 Å². The summed E-state index contributed by atoms with van der Waals surface area (Å²) in [5, 5.41) is 7.19. The molecule has 0 aromatic heterocycles. The third kappa shape index (κ3) is 5.16. The Bertz CT molecular complexity index is 366. The number of hydrogen-bond donors (Lipinski definition) is 2. The van der Waals surface area contributed by atoms with Crippen LogP contribution in [-0.2, 0) is 6.42 Å². The molecule has 1 aliphatic rings. The minimum atomic E-state index is 0.538. The molecule has 1 heterocycles. The maximum Gasteiger partial charge on any atom is 0.0342 e. The molecule has 20 heavy (non-hydrogen) atoms. The van der Waals surface area contributed by atoms with Gasteiger partial charge in [0.15, 0.2) is 0 Å². The van der Waals surface area contributed by atoms with Crippen LogP contribution in [0.25, 0.3) is 0 Å². The molecule has 2 unspecified atom stereocenters. The van der Waals surface area contributed by atoms with E-state index in [1.165, 1.54) is 62.7 Å². The minimum absolute atomic E-state index is 0.538. The van der Waals surface area contributed by atoms with Crippen LogP contribution in [0, 0.1) is 0 Å². The molecule has 0 bridgehead atoms. The fourth-order valence-corrected chi connectivity index (χ4v) is 3.07. The zero-order chi connectivity index (χ0) is 14.2. The average molecular weight is 274 g/mol. The summed E-state index contributed by atoms with van der Waals surface area (Å²) in [7, 11) is 0. The first-order chi connectivity index (χ1) is 9.78. The first-order valence-electron chi connectivity index (χ1n) is 8.37. The summed E-state index contributed by atoms with van der Waals surface area (Å²) >= 11 is 0. The lowest BCUT2D eigenvalue weighted by Crippen LogP contribution is -2.29. The van der Waals surface area contributed by atoms with Crippen LogP contribution in [0.15, 0.2) is 24.3 Å². The molecule has 1 aliphatic heterocycles. The van der Waals surface area contributed by atoms with Crippen molar-refractivity contribution < 1.29 is 0 Å². The number of rotatable bonds is 8. The molecule has 0 spiro atoms. The van der Waals surface area contributed by atoms with Crippen LogP contribution in [0.2, 0.25) is 0 Å². The molecule has 0 aliphatic carbocycles. The van der Waals surface area contributed by atoms with Crippen molar-refractivity contribution in [3.8, 4) is 0 Å². The van der Waals surface area contributed by atoms with Crippen LogP contribution < -0.4 is 10.6 Å². The second-order valence-electron chi connectivity index (χ2n) is 6.23. The van der Waals surface area contributed by atoms with E-state index in [4.69, 9.17) is 0 Å². The van der Waals surface area contributed by atoms with Crippen molar-refractivity contribution in [3.63, 3.8) is 0 Å². The normalized spacial score (nSPS) is 20.0. The number of anilines is 1. The average Bonchev–Trinajstić information content (AvgIpc) is 2.94. The molecular weight excluding hydrogens is 244 g/mol. The van der Waals surface area contributed by atoms with Gasteiger partial charge in [-0.15, -0.1) is 0 Å². The Balaban J connectivity index is 1.74. The Morgan fingerprint density at radius 1 is 1.25 bits per heavy atom. The first-order valence-corrected chi connectivity index (χ1v) is 8.37. The van der Waals surface area contributed by atoms with Gasteiger partial charge in [-0.1, -0.05) is 31.9 Å². The second-order valence-corrected chi connectivity index (χ2v) is 6.23. The van der Waals surface area contributed by atoms with Gasteiger partial charge in [0.25, 0.3) is 0 Å². The summed E-state index contributed by atoms with van der Waals surface area (Å²) in [4.78, 5) is 0. The van der Waals surface area contributed by atoms with Gasteiger partial charge in [0.2, 0.25) is 0 Å². The standard InChI is InChI=1S/C18H30N2/c1-3-4-5-7-16-9-11-17(12-10-16)20-15(2)14-18-8-6-13-19-18/h9-12,15,18-20H,3-8,13-14H2,1-2H3. The third-order valence-electron chi connectivity index (χ3n) is 4.24. The molecule has 1 aromatic carbocycles. The van der Waals surface area contributed by atoms with E-state index in [1.54, 1.807) is 0 Å². The largest absolute Gasteiger partial charge is 0.383 e. The molecule has 2 nitrogen and oxygen atoms in total. The summed E-state index contributed by atoms with van der Waals surface area (Å²) in [5.41, 5.74) is 2.73. The van der Waals surface area contributed by atoms with Crippen LogP contribution >= 0.6 is 0 Å². The molecule has 0 saturated carbocycles. The van der Waals surface area contributed by atoms with Gasteiger partial charge in [0, 0.05) is 17.8 Å². The summed E-state index contributed by atoms with van der Waals surface area (Å²) in [6, 6.07) is 10.3. The maximum absolute atomic E-state index is 3.62. The van der Waals surface area contributed by atoms with Crippen molar-refractivity contribution in [1.29, 1.82) is 0 Å². The van der Waals surface area contributed by atoms with Crippen molar-refractivity contribution in [1.82, 2.24) is 5.32 Å². The number of unbranched alkanes of at least 4 members (excludes halogenated alkanes) is 2. The quantitative estimate of drug-likeness (QED) is 0.688. The van der Waals surface area contributed by atoms with Crippen molar-refractivity contribution in [2.45, 2.75) is 70.9 Å². The van der Waals surface area contributed by atoms with Gasteiger partial charge in [-0.2, -0.15) is 0 Å². The number of hydrogen-bond acceptors (Lipinski definition) is 2. The Kier molecular flexibility index (Phi) is 6.38. The van der Waals surface area contributed by atoms with Crippen LogP contribution in [-0.4, -0.2) is 18.6 Å². The first kappa shape index (κ1) is 15.4. The van der Waals surface area contributed by atoms with E-state index in [-0.39, 0.29) is 0 Å². The van der Waals surface area contributed by atoms with Gasteiger partial charge in [0.1, 0.15) is 0 Å². The van der Waals surface area contributed by atoms with Gasteiger partial charge in [-0.25, -0.2) is 0 Å². The lowest BCUT2D eigenvalue weighted by atomic mass is 10.1. The minimum Gasteiger partial charge on any atom is -0.383 e. The van der Waals surface area contributed by atoms with E-state index in [9.17, 15) is 0 Å². The third-order valence-corrected chi connectivity index (χ3v) is 4.24. The molecule has 112 valence electrons. The smallest absolute Gasteiger partial charge is 0.0342 e. The summed E-state index contributed by atoms with van der Waals surface area (Å²) in [5.74, 6) is 0. The zero-order valence-electron chi connectivity index (χ0n) is 13.1. The predicted octanol–water partition coefficient (Wildman–Crippen LogP) is 4.36. The highest BCUT2D eigenvalue weighted by Gasteiger charge is 2.16. The van der Waals surface area contributed by atoms with Gasteiger partial charge < -0.3 is 10.6 Å². The van der Waals surface area contributed by atoms with Crippen LogP contribution in [0.1, 0.15) is 57.9 Å². The van der Waals surface area contributed by atoms with Crippen molar-refractivity contribution in [3.05, 3.63) is 29.8 Å².